The molecule has 0 aromatic heterocycles. The number of nitrogens with one attached hydrogen (secondary N) is 1. The van der Waals surface area contributed by atoms with E-state index in [4.69, 9.17) is 0 Å². The van der Waals surface area contributed by atoms with Gasteiger partial charge in [-0.3, -0.25) is 4.79 Å². The van der Waals surface area contributed by atoms with Crippen molar-refractivity contribution in [3.8, 4) is 0 Å². The number of rotatable bonds is 2. The monoisotopic (exact) mass is 265 g/mol. The first-order valence-electron chi connectivity index (χ1n) is 5.50. The molecule has 0 saturated carbocycles. The fourth-order valence-electron chi connectivity index (χ4n) is 1.61. The number of carbonyl (C=O) groups excluding carboxylic acids is 1. The fraction of sp³-hybridized carbons (Fsp3) is 0.0714. The number of benzene rings is 2. The fourth-order valence-corrected chi connectivity index (χ4v) is 1.61. The van der Waals surface area contributed by atoms with Crippen LogP contribution in [0.5, 0.6) is 0 Å². The Kier molecular flexibility index (Phi) is 3.55. The zero-order chi connectivity index (χ0) is 14.0. The molecule has 19 heavy (non-hydrogen) atoms. The average molecular weight is 265 g/mol. The summed E-state index contributed by atoms with van der Waals surface area (Å²) in [5.74, 6) is -3.18. The smallest absolute Gasteiger partial charge is 0.256 e. The molecule has 0 unspecified atom stereocenters. The summed E-state index contributed by atoms with van der Waals surface area (Å²) < 4.78 is 38.8. The van der Waals surface area contributed by atoms with Gasteiger partial charge < -0.3 is 5.32 Å². The molecule has 2 aromatic rings. The number of aryl methyl sites for hydroxylation is 1. The van der Waals surface area contributed by atoms with Gasteiger partial charge in [-0.25, -0.2) is 13.2 Å². The molecule has 0 aliphatic heterocycles. The first-order valence-corrected chi connectivity index (χ1v) is 5.50. The van der Waals surface area contributed by atoms with Crippen molar-refractivity contribution in [3.63, 3.8) is 0 Å². The Balaban J connectivity index is 2.25. The number of anilines is 1. The number of carbonyl (C=O) groups is 1. The summed E-state index contributed by atoms with van der Waals surface area (Å²) in [6.45, 7) is 1.65. The Hall–Kier alpha value is -2.30. The lowest BCUT2D eigenvalue weighted by Gasteiger charge is -2.08. The molecule has 1 amide bonds. The van der Waals surface area contributed by atoms with Gasteiger partial charge in [-0.05, 0) is 36.8 Å². The van der Waals surface area contributed by atoms with E-state index >= 15 is 0 Å². The van der Waals surface area contributed by atoms with Crippen LogP contribution in [-0.2, 0) is 0 Å². The van der Waals surface area contributed by atoms with Gasteiger partial charge in [0.25, 0.3) is 5.91 Å². The molecule has 2 nitrogen and oxygen atoms in total. The molecule has 0 bridgehead atoms. The van der Waals surface area contributed by atoms with Crippen LogP contribution in [0.2, 0.25) is 0 Å². The van der Waals surface area contributed by atoms with Crippen molar-refractivity contribution in [1.82, 2.24) is 0 Å². The van der Waals surface area contributed by atoms with E-state index in [0.29, 0.717) is 5.56 Å². The van der Waals surface area contributed by atoms with E-state index in [0.717, 1.165) is 18.2 Å². The first-order chi connectivity index (χ1) is 8.97. The Morgan fingerprint density at radius 1 is 1.00 bits per heavy atom. The van der Waals surface area contributed by atoms with Gasteiger partial charge in [-0.2, -0.15) is 0 Å². The van der Waals surface area contributed by atoms with Crippen LogP contribution in [0.25, 0.3) is 0 Å². The van der Waals surface area contributed by atoms with Crippen LogP contribution < -0.4 is 5.32 Å². The molecule has 2 aromatic carbocycles. The lowest BCUT2D eigenvalue weighted by molar-refractivity contribution is 0.102. The molecule has 0 saturated heterocycles. The lowest BCUT2D eigenvalue weighted by Crippen LogP contribution is -2.14. The van der Waals surface area contributed by atoms with Crippen LogP contribution in [-0.4, -0.2) is 5.91 Å². The number of hydrogen-bond donors (Lipinski definition) is 1. The number of halogens is 3. The van der Waals surface area contributed by atoms with Crippen LogP contribution in [0.1, 0.15) is 15.9 Å². The minimum absolute atomic E-state index is 0.104. The summed E-state index contributed by atoms with van der Waals surface area (Å²) >= 11 is 0. The number of hydrogen-bond acceptors (Lipinski definition) is 1. The molecule has 2 rings (SSSR count). The largest absolute Gasteiger partial charge is 0.322 e. The highest BCUT2D eigenvalue weighted by Crippen LogP contribution is 2.16. The molecule has 1 N–H and O–H groups in total. The van der Waals surface area contributed by atoms with Crippen molar-refractivity contribution < 1.29 is 18.0 Å². The Morgan fingerprint density at radius 3 is 2.42 bits per heavy atom. The second-order valence-electron chi connectivity index (χ2n) is 4.04. The van der Waals surface area contributed by atoms with Crippen molar-refractivity contribution in [1.29, 1.82) is 0 Å². The molecule has 0 aliphatic rings. The molecule has 0 spiro atoms. The first kappa shape index (κ1) is 13.1. The van der Waals surface area contributed by atoms with Gasteiger partial charge in [-0.15, -0.1) is 0 Å². The SMILES string of the molecule is Cc1ccc(F)cc1C(=O)Nc1ccc(F)c(F)c1. The van der Waals surface area contributed by atoms with Crippen molar-refractivity contribution in [2.45, 2.75) is 6.92 Å². The van der Waals surface area contributed by atoms with Crippen LogP contribution in [0.15, 0.2) is 36.4 Å². The van der Waals surface area contributed by atoms with Gasteiger partial charge >= 0.3 is 0 Å². The minimum Gasteiger partial charge on any atom is -0.322 e. The van der Waals surface area contributed by atoms with Crippen molar-refractivity contribution in [2.75, 3.05) is 5.32 Å². The molecule has 0 fully saturated rings. The average Bonchev–Trinajstić information content (AvgIpc) is 2.36. The summed E-state index contributed by atoms with van der Waals surface area (Å²) in [4.78, 5) is 11.9. The zero-order valence-electron chi connectivity index (χ0n) is 10.0. The highest BCUT2D eigenvalue weighted by atomic mass is 19.2. The molecule has 0 radical (unpaired) electrons. The Morgan fingerprint density at radius 2 is 1.74 bits per heavy atom. The Bertz CT molecular complexity index is 641. The maximum absolute atomic E-state index is 13.1. The van der Waals surface area contributed by atoms with Crippen LogP contribution in [0.3, 0.4) is 0 Å². The molecular weight excluding hydrogens is 255 g/mol. The maximum Gasteiger partial charge on any atom is 0.256 e. The molecule has 98 valence electrons. The second-order valence-corrected chi connectivity index (χ2v) is 4.04. The summed E-state index contributed by atoms with van der Waals surface area (Å²) in [5.41, 5.74) is 0.832. The summed E-state index contributed by atoms with van der Waals surface area (Å²) in [6, 6.07) is 6.79. The molecular formula is C14H10F3NO. The predicted molar refractivity (Wildman–Crippen MR) is 65.4 cm³/mol. The zero-order valence-corrected chi connectivity index (χ0v) is 10.0. The van der Waals surface area contributed by atoms with Gasteiger partial charge in [0, 0.05) is 17.3 Å². The second kappa shape index (κ2) is 5.14. The van der Waals surface area contributed by atoms with E-state index < -0.39 is 23.4 Å². The van der Waals surface area contributed by atoms with E-state index in [9.17, 15) is 18.0 Å². The van der Waals surface area contributed by atoms with Crippen LogP contribution >= 0.6 is 0 Å². The third-order valence-electron chi connectivity index (χ3n) is 2.62. The van der Waals surface area contributed by atoms with E-state index in [1.165, 1.54) is 18.2 Å². The van der Waals surface area contributed by atoms with Crippen molar-refractivity contribution in [2.24, 2.45) is 0 Å². The molecule has 0 heterocycles. The minimum atomic E-state index is -1.06. The Labute approximate surface area is 107 Å². The third-order valence-corrected chi connectivity index (χ3v) is 2.62. The van der Waals surface area contributed by atoms with E-state index in [1.807, 2.05) is 0 Å². The van der Waals surface area contributed by atoms with E-state index in [-0.39, 0.29) is 11.3 Å². The van der Waals surface area contributed by atoms with E-state index in [2.05, 4.69) is 5.32 Å². The van der Waals surface area contributed by atoms with Gasteiger partial charge in [0.1, 0.15) is 5.82 Å². The van der Waals surface area contributed by atoms with Gasteiger partial charge in [0.2, 0.25) is 0 Å². The maximum atomic E-state index is 13.1. The van der Waals surface area contributed by atoms with Crippen LogP contribution in [0, 0.1) is 24.4 Å². The quantitative estimate of drug-likeness (QED) is 0.882. The normalized spacial score (nSPS) is 10.3. The summed E-state index contributed by atoms with van der Waals surface area (Å²) in [7, 11) is 0. The third kappa shape index (κ3) is 2.93. The predicted octanol–water partition coefficient (Wildman–Crippen LogP) is 3.66. The summed E-state index contributed by atoms with van der Waals surface area (Å²) in [5, 5.41) is 2.38. The van der Waals surface area contributed by atoms with Crippen molar-refractivity contribution >= 4 is 11.6 Å². The van der Waals surface area contributed by atoms with Gasteiger partial charge in [0.15, 0.2) is 11.6 Å². The number of amides is 1. The van der Waals surface area contributed by atoms with Gasteiger partial charge in [0.05, 0.1) is 0 Å². The highest BCUT2D eigenvalue weighted by molar-refractivity contribution is 6.05. The van der Waals surface area contributed by atoms with E-state index in [1.54, 1.807) is 6.92 Å². The topological polar surface area (TPSA) is 29.1 Å². The molecule has 0 atom stereocenters. The van der Waals surface area contributed by atoms with Crippen molar-refractivity contribution in [3.05, 3.63) is 65.0 Å². The highest BCUT2D eigenvalue weighted by Gasteiger charge is 2.11. The van der Waals surface area contributed by atoms with Crippen LogP contribution in [0.4, 0.5) is 18.9 Å². The molecule has 5 heteroatoms. The molecule has 0 aliphatic carbocycles. The summed E-state index contributed by atoms with van der Waals surface area (Å²) in [6.07, 6.45) is 0. The lowest BCUT2D eigenvalue weighted by atomic mass is 10.1. The van der Waals surface area contributed by atoms with Gasteiger partial charge in [-0.1, -0.05) is 6.07 Å². The standard InChI is InChI=1S/C14H10F3NO/c1-8-2-3-9(15)6-11(8)14(19)18-10-4-5-12(16)13(17)7-10/h2-7H,1H3,(H,18,19).